The fourth-order valence-electron chi connectivity index (χ4n) is 2.71. The van der Waals surface area contributed by atoms with Crippen molar-refractivity contribution in [3.05, 3.63) is 29.8 Å². The van der Waals surface area contributed by atoms with Gasteiger partial charge in [0.2, 0.25) is 0 Å². The Kier molecular flexibility index (Phi) is 3.13. The third-order valence-electron chi connectivity index (χ3n) is 3.67. The predicted octanol–water partition coefficient (Wildman–Crippen LogP) is 1.28. The van der Waals surface area contributed by atoms with Gasteiger partial charge in [-0.15, -0.1) is 0 Å². The van der Waals surface area contributed by atoms with Crippen molar-refractivity contribution in [1.29, 1.82) is 0 Å². The first-order valence-electron chi connectivity index (χ1n) is 6.32. The second-order valence-corrected chi connectivity index (χ2v) is 7.00. The highest BCUT2D eigenvalue weighted by molar-refractivity contribution is 7.91. The molecule has 4 nitrogen and oxygen atoms in total. The number of nitrogens with one attached hydrogen (secondary N) is 1. The smallest absolute Gasteiger partial charge is 0.178 e. The van der Waals surface area contributed by atoms with Gasteiger partial charge in [-0.1, -0.05) is 18.2 Å². The summed E-state index contributed by atoms with van der Waals surface area (Å²) in [5.74, 6) is 0.231. The Morgan fingerprint density at radius 2 is 2.06 bits per heavy atom. The van der Waals surface area contributed by atoms with E-state index in [2.05, 4.69) is 5.32 Å². The lowest BCUT2D eigenvalue weighted by atomic mass is 10.0. The molecule has 2 atom stereocenters. The summed E-state index contributed by atoms with van der Waals surface area (Å²) in [6.45, 7) is 1.52. The summed E-state index contributed by atoms with van der Waals surface area (Å²) in [5, 5.41) is 3.52. The Morgan fingerprint density at radius 3 is 2.83 bits per heavy atom. The summed E-state index contributed by atoms with van der Waals surface area (Å²) < 4.78 is 29.4. The molecule has 0 spiro atoms. The Labute approximate surface area is 107 Å². The van der Waals surface area contributed by atoms with Gasteiger partial charge in [0, 0.05) is 18.7 Å². The minimum Gasteiger partial charge on any atom is -0.380 e. The highest BCUT2D eigenvalue weighted by Gasteiger charge is 2.31. The first-order valence-corrected chi connectivity index (χ1v) is 7.97. The van der Waals surface area contributed by atoms with Crippen LogP contribution in [0.25, 0.3) is 0 Å². The monoisotopic (exact) mass is 267 g/mol. The normalized spacial score (nSPS) is 30.0. The highest BCUT2D eigenvalue weighted by atomic mass is 32.2. The molecule has 3 rings (SSSR count). The van der Waals surface area contributed by atoms with Crippen molar-refractivity contribution >= 4 is 9.84 Å². The van der Waals surface area contributed by atoms with Crippen LogP contribution in [0.15, 0.2) is 29.2 Å². The van der Waals surface area contributed by atoms with Gasteiger partial charge in [0.15, 0.2) is 9.84 Å². The van der Waals surface area contributed by atoms with Gasteiger partial charge in [0.25, 0.3) is 0 Å². The molecule has 0 aromatic heterocycles. The Hall–Kier alpha value is -0.910. The topological polar surface area (TPSA) is 55.4 Å². The fourth-order valence-corrected chi connectivity index (χ4v) is 4.33. The molecule has 1 N–H and O–H groups in total. The van der Waals surface area contributed by atoms with E-state index in [-0.39, 0.29) is 11.8 Å². The molecular weight excluding hydrogens is 250 g/mol. The Morgan fingerprint density at radius 1 is 1.22 bits per heavy atom. The first kappa shape index (κ1) is 12.1. The van der Waals surface area contributed by atoms with Crippen LogP contribution in [-0.4, -0.2) is 33.4 Å². The molecule has 1 fully saturated rings. The molecule has 2 heterocycles. The van der Waals surface area contributed by atoms with Crippen LogP contribution in [0.2, 0.25) is 0 Å². The molecule has 0 aliphatic carbocycles. The molecule has 0 radical (unpaired) electrons. The van der Waals surface area contributed by atoms with E-state index in [1.54, 1.807) is 12.1 Å². The molecule has 2 aliphatic rings. The Bertz CT molecular complexity index is 535. The third-order valence-corrected chi connectivity index (χ3v) is 5.49. The molecule has 1 aromatic carbocycles. The molecule has 0 bridgehead atoms. The maximum Gasteiger partial charge on any atom is 0.178 e. The number of sulfone groups is 1. The van der Waals surface area contributed by atoms with E-state index in [9.17, 15) is 8.42 Å². The SMILES string of the molecule is O=S1(=O)CCC(NC2CCOC2)c2ccccc21. The van der Waals surface area contributed by atoms with Crippen molar-refractivity contribution in [1.82, 2.24) is 5.32 Å². The van der Waals surface area contributed by atoms with Crippen LogP contribution < -0.4 is 5.32 Å². The van der Waals surface area contributed by atoms with Crippen molar-refractivity contribution in [3.8, 4) is 0 Å². The van der Waals surface area contributed by atoms with E-state index in [1.807, 2.05) is 12.1 Å². The average Bonchev–Trinajstić information content (AvgIpc) is 2.86. The number of hydrogen-bond donors (Lipinski definition) is 1. The largest absolute Gasteiger partial charge is 0.380 e. The minimum atomic E-state index is -3.08. The standard InChI is InChI=1S/C13H17NO3S/c15-18(16)8-6-12(14-10-5-7-17-9-10)11-3-1-2-4-13(11)18/h1-4,10,12,14H,5-9H2. The predicted molar refractivity (Wildman–Crippen MR) is 68.2 cm³/mol. The van der Waals surface area contributed by atoms with Gasteiger partial charge >= 0.3 is 0 Å². The zero-order valence-corrected chi connectivity index (χ0v) is 10.9. The molecule has 1 saturated heterocycles. The van der Waals surface area contributed by atoms with Crippen LogP contribution in [-0.2, 0) is 14.6 Å². The van der Waals surface area contributed by atoms with Crippen LogP contribution >= 0.6 is 0 Å². The number of ether oxygens (including phenoxy) is 1. The number of benzene rings is 1. The van der Waals surface area contributed by atoms with Crippen molar-refractivity contribution < 1.29 is 13.2 Å². The molecule has 18 heavy (non-hydrogen) atoms. The van der Waals surface area contributed by atoms with Gasteiger partial charge in [-0.2, -0.15) is 0 Å². The fraction of sp³-hybridized carbons (Fsp3) is 0.538. The van der Waals surface area contributed by atoms with E-state index in [0.717, 1.165) is 25.2 Å². The average molecular weight is 267 g/mol. The number of fused-ring (bicyclic) bond motifs is 1. The van der Waals surface area contributed by atoms with Crippen LogP contribution in [0.5, 0.6) is 0 Å². The minimum absolute atomic E-state index is 0.136. The van der Waals surface area contributed by atoms with Gasteiger partial charge in [-0.25, -0.2) is 8.42 Å². The third kappa shape index (κ3) is 2.18. The van der Waals surface area contributed by atoms with Gasteiger partial charge in [0.05, 0.1) is 17.3 Å². The van der Waals surface area contributed by atoms with Crippen molar-refractivity contribution in [2.24, 2.45) is 0 Å². The second-order valence-electron chi connectivity index (χ2n) is 4.93. The van der Waals surface area contributed by atoms with Gasteiger partial charge in [-0.3, -0.25) is 0 Å². The molecule has 5 heteroatoms. The maximum absolute atomic E-state index is 12.0. The van der Waals surface area contributed by atoms with Crippen LogP contribution in [0, 0.1) is 0 Å². The summed E-state index contributed by atoms with van der Waals surface area (Å²) in [5.41, 5.74) is 0.913. The number of hydrogen-bond acceptors (Lipinski definition) is 4. The second kappa shape index (κ2) is 4.64. The lowest BCUT2D eigenvalue weighted by Crippen LogP contribution is -2.37. The molecular formula is C13H17NO3S. The first-order chi connectivity index (χ1) is 8.67. The molecule has 2 aliphatic heterocycles. The van der Waals surface area contributed by atoms with E-state index in [1.165, 1.54) is 0 Å². The van der Waals surface area contributed by atoms with Crippen molar-refractivity contribution in [3.63, 3.8) is 0 Å². The zero-order valence-electron chi connectivity index (χ0n) is 10.1. The van der Waals surface area contributed by atoms with Crippen LogP contribution in [0.1, 0.15) is 24.4 Å². The number of rotatable bonds is 2. The maximum atomic E-state index is 12.0. The molecule has 0 amide bonds. The van der Waals surface area contributed by atoms with Gasteiger partial charge in [-0.05, 0) is 24.5 Å². The molecule has 98 valence electrons. The quantitative estimate of drug-likeness (QED) is 0.877. The summed E-state index contributed by atoms with van der Waals surface area (Å²) in [6, 6.07) is 7.81. The molecule has 0 saturated carbocycles. The van der Waals surface area contributed by atoms with E-state index < -0.39 is 9.84 Å². The van der Waals surface area contributed by atoms with Crippen LogP contribution in [0.4, 0.5) is 0 Å². The van der Waals surface area contributed by atoms with Crippen molar-refractivity contribution in [2.45, 2.75) is 29.8 Å². The van der Waals surface area contributed by atoms with Crippen LogP contribution in [0.3, 0.4) is 0 Å². The van der Waals surface area contributed by atoms with Crippen molar-refractivity contribution in [2.75, 3.05) is 19.0 Å². The molecule has 2 unspecified atom stereocenters. The highest BCUT2D eigenvalue weighted by Crippen LogP contribution is 2.32. The molecule has 1 aromatic rings. The van der Waals surface area contributed by atoms with E-state index in [0.29, 0.717) is 17.4 Å². The summed E-state index contributed by atoms with van der Waals surface area (Å²) in [4.78, 5) is 0.493. The lowest BCUT2D eigenvalue weighted by molar-refractivity contribution is 0.187. The summed E-state index contributed by atoms with van der Waals surface area (Å²) in [6.07, 6.45) is 1.65. The van der Waals surface area contributed by atoms with Gasteiger partial charge < -0.3 is 10.1 Å². The lowest BCUT2D eigenvalue weighted by Gasteiger charge is -2.28. The summed E-state index contributed by atoms with van der Waals surface area (Å²) in [7, 11) is -3.08. The van der Waals surface area contributed by atoms with E-state index >= 15 is 0 Å². The van der Waals surface area contributed by atoms with E-state index in [4.69, 9.17) is 4.74 Å². The zero-order chi connectivity index (χ0) is 12.6. The Balaban J connectivity index is 1.89. The summed E-state index contributed by atoms with van der Waals surface area (Å²) >= 11 is 0. The van der Waals surface area contributed by atoms with Gasteiger partial charge in [0.1, 0.15) is 0 Å².